The zero-order valence-corrected chi connectivity index (χ0v) is 11.8. The number of hydrogen-bond donors (Lipinski definition) is 2. The molecule has 1 aliphatic carbocycles. The quantitative estimate of drug-likeness (QED) is 0.884. The van der Waals surface area contributed by atoms with Crippen LogP contribution in [0.15, 0.2) is 29.2 Å². The van der Waals surface area contributed by atoms with Gasteiger partial charge in [-0.25, -0.2) is 4.39 Å². The summed E-state index contributed by atoms with van der Waals surface area (Å²) < 4.78 is 19.1. The van der Waals surface area contributed by atoms with Gasteiger partial charge >= 0.3 is 0 Å². The van der Waals surface area contributed by atoms with E-state index in [0.29, 0.717) is 5.92 Å². The molecule has 3 atom stereocenters. The van der Waals surface area contributed by atoms with E-state index in [1.807, 2.05) is 0 Å². The Balaban J connectivity index is 1.62. The minimum absolute atomic E-state index is 0.0143. The number of carbonyl (C=O) groups excluding carboxylic acids is 1. The summed E-state index contributed by atoms with van der Waals surface area (Å²) in [6, 6.07) is 4.30. The van der Waals surface area contributed by atoms with Crippen LogP contribution in [0.1, 0.15) is 23.2 Å². The molecule has 5 nitrogen and oxygen atoms in total. The summed E-state index contributed by atoms with van der Waals surface area (Å²) in [6.07, 6.45) is 3.25. The number of halogens is 1. The summed E-state index contributed by atoms with van der Waals surface area (Å²) in [5.41, 5.74) is -0.318. The number of pyridine rings is 1. The summed E-state index contributed by atoms with van der Waals surface area (Å²) in [4.78, 5) is 27.4. The van der Waals surface area contributed by atoms with Gasteiger partial charge in [0.05, 0.1) is 11.6 Å². The Bertz CT molecular complexity index is 817. The minimum Gasteiger partial charge on any atom is -0.378 e. The van der Waals surface area contributed by atoms with Crippen LogP contribution in [-0.2, 0) is 4.74 Å². The molecule has 1 aliphatic heterocycles. The van der Waals surface area contributed by atoms with Crippen LogP contribution in [0.4, 0.5) is 4.39 Å². The van der Waals surface area contributed by atoms with Crippen LogP contribution < -0.4 is 10.7 Å². The van der Waals surface area contributed by atoms with Crippen molar-refractivity contribution in [3.8, 4) is 0 Å². The molecule has 0 bridgehead atoms. The number of aromatic nitrogens is 1. The first kappa shape index (κ1) is 13.5. The number of benzene rings is 1. The number of aromatic amines is 1. The highest BCUT2D eigenvalue weighted by molar-refractivity contribution is 5.97. The standard InChI is InChI=1S/C16H15FN2O3/c17-11-3-1-2-9-14(11)18-7-10(15(9)20)16(21)19-12-6-13-8(12)4-5-22-13/h1-3,7-8,12-13H,4-6H2,(H,18,20)(H,19,21)/t8-,12-,13+/m1/s1. The number of ether oxygens (including phenoxy) is 1. The molecular weight excluding hydrogens is 287 g/mol. The summed E-state index contributed by atoms with van der Waals surface area (Å²) >= 11 is 0. The summed E-state index contributed by atoms with van der Waals surface area (Å²) in [5, 5.41) is 3.08. The fourth-order valence-corrected chi connectivity index (χ4v) is 3.39. The first-order valence-corrected chi connectivity index (χ1v) is 7.37. The average Bonchev–Trinajstić information content (AvgIpc) is 2.87. The van der Waals surface area contributed by atoms with Gasteiger partial charge in [-0.15, -0.1) is 0 Å². The lowest BCUT2D eigenvalue weighted by molar-refractivity contribution is 0.00808. The lowest BCUT2D eigenvalue weighted by atomic mass is 9.76. The smallest absolute Gasteiger partial charge is 0.256 e. The first-order valence-electron chi connectivity index (χ1n) is 7.37. The third-order valence-electron chi connectivity index (χ3n) is 4.69. The van der Waals surface area contributed by atoms with Gasteiger partial charge in [0.15, 0.2) is 0 Å². The van der Waals surface area contributed by atoms with Gasteiger partial charge in [-0.1, -0.05) is 6.07 Å². The Morgan fingerprint density at radius 1 is 1.41 bits per heavy atom. The highest BCUT2D eigenvalue weighted by atomic mass is 19.1. The van der Waals surface area contributed by atoms with Crippen LogP contribution in [0.3, 0.4) is 0 Å². The molecule has 2 aromatic rings. The predicted octanol–water partition coefficient (Wildman–Crippen LogP) is 1.57. The van der Waals surface area contributed by atoms with Gasteiger partial charge in [-0.05, 0) is 25.0 Å². The third kappa shape index (κ3) is 1.94. The third-order valence-corrected chi connectivity index (χ3v) is 4.69. The molecular formula is C16H15FN2O3. The minimum atomic E-state index is -0.508. The number of rotatable bonds is 2. The number of hydrogen-bond acceptors (Lipinski definition) is 3. The van der Waals surface area contributed by atoms with Crippen LogP contribution in [0.5, 0.6) is 0 Å². The molecule has 22 heavy (non-hydrogen) atoms. The van der Waals surface area contributed by atoms with Gasteiger partial charge in [-0.2, -0.15) is 0 Å². The highest BCUT2D eigenvalue weighted by Crippen LogP contribution is 2.38. The van der Waals surface area contributed by atoms with Crippen LogP contribution >= 0.6 is 0 Å². The van der Waals surface area contributed by atoms with E-state index >= 15 is 0 Å². The van der Waals surface area contributed by atoms with Crippen molar-refractivity contribution in [3.05, 3.63) is 46.0 Å². The highest BCUT2D eigenvalue weighted by Gasteiger charge is 2.45. The maximum absolute atomic E-state index is 13.6. The van der Waals surface area contributed by atoms with Gasteiger partial charge in [0.1, 0.15) is 11.4 Å². The van der Waals surface area contributed by atoms with E-state index in [9.17, 15) is 14.0 Å². The lowest BCUT2D eigenvalue weighted by Gasteiger charge is -2.39. The topological polar surface area (TPSA) is 71.2 Å². The SMILES string of the molecule is O=C(N[C@@H]1C[C@@H]2OCC[C@@H]21)c1c[nH]c2c(F)cccc2c1=O. The maximum Gasteiger partial charge on any atom is 0.256 e. The number of para-hydroxylation sites is 1. The molecule has 0 radical (unpaired) electrons. The molecule has 1 aromatic heterocycles. The molecule has 0 unspecified atom stereocenters. The predicted molar refractivity (Wildman–Crippen MR) is 78.2 cm³/mol. The Kier molecular flexibility index (Phi) is 3.00. The number of carbonyl (C=O) groups is 1. The fraction of sp³-hybridized carbons (Fsp3) is 0.375. The Morgan fingerprint density at radius 2 is 2.27 bits per heavy atom. The van der Waals surface area contributed by atoms with Crippen molar-refractivity contribution in [1.29, 1.82) is 0 Å². The second kappa shape index (κ2) is 4.91. The van der Waals surface area contributed by atoms with Crippen molar-refractivity contribution in [1.82, 2.24) is 10.3 Å². The zero-order chi connectivity index (χ0) is 15.3. The summed E-state index contributed by atoms with van der Waals surface area (Å²) in [6.45, 7) is 0.734. The van der Waals surface area contributed by atoms with E-state index in [4.69, 9.17) is 4.74 Å². The number of amides is 1. The maximum atomic E-state index is 13.6. The van der Waals surface area contributed by atoms with Crippen molar-refractivity contribution in [2.24, 2.45) is 5.92 Å². The normalized spacial score (nSPS) is 26.5. The van der Waals surface area contributed by atoms with Crippen LogP contribution in [-0.4, -0.2) is 29.6 Å². The molecule has 114 valence electrons. The van der Waals surface area contributed by atoms with Gasteiger partial charge in [0.2, 0.25) is 5.43 Å². The van der Waals surface area contributed by atoms with Crippen molar-refractivity contribution >= 4 is 16.8 Å². The van der Waals surface area contributed by atoms with E-state index < -0.39 is 17.2 Å². The zero-order valence-electron chi connectivity index (χ0n) is 11.8. The van der Waals surface area contributed by atoms with Crippen molar-refractivity contribution in [3.63, 3.8) is 0 Å². The molecule has 6 heteroatoms. The van der Waals surface area contributed by atoms with Crippen molar-refractivity contribution in [2.45, 2.75) is 25.0 Å². The second-order valence-corrected chi connectivity index (χ2v) is 5.87. The van der Waals surface area contributed by atoms with Gasteiger partial charge in [-0.3, -0.25) is 9.59 Å². The average molecular weight is 302 g/mol. The van der Waals surface area contributed by atoms with Gasteiger partial charge in [0.25, 0.3) is 5.91 Å². The molecule has 2 N–H and O–H groups in total. The van der Waals surface area contributed by atoms with E-state index in [2.05, 4.69) is 10.3 Å². The molecule has 1 aromatic carbocycles. The van der Waals surface area contributed by atoms with Gasteiger partial charge in [0, 0.05) is 30.1 Å². The van der Waals surface area contributed by atoms with Crippen LogP contribution in [0, 0.1) is 11.7 Å². The van der Waals surface area contributed by atoms with Gasteiger partial charge < -0.3 is 15.0 Å². The number of nitrogens with one attached hydrogen (secondary N) is 2. The Hall–Kier alpha value is -2.21. The van der Waals surface area contributed by atoms with Crippen LogP contribution in [0.25, 0.3) is 10.9 Å². The first-order chi connectivity index (χ1) is 10.6. The molecule has 4 rings (SSSR count). The Morgan fingerprint density at radius 3 is 3.09 bits per heavy atom. The monoisotopic (exact) mass is 302 g/mol. The molecule has 2 aliphatic rings. The summed E-state index contributed by atoms with van der Waals surface area (Å²) in [7, 11) is 0. The molecule has 2 fully saturated rings. The number of fused-ring (bicyclic) bond motifs is 2. The van der Waals surface area contributed by atoms with E-state index in [1.165, 1.54) is 24.4 Å². The molecule has 1 saturated carbocycles. The molecule has 0 spiro atoms. The lowest BCUT2D eigenvalue weighted by Crippen LogP contribution is -2.53. The van der Waals surface area contributed by atoms with Crippen molar-refractivity contribution in [2.75, 3.05) is 6.61 Å². The second-order valence-electron chi connectivity index (χ2n) is 5.87. The van der Waals surface area contributed by atoms with E-state index in [-0.39, 0.29) is 28.6 Å². The fourth-order valence-electron chi connectivity index (χ4n) is 3.39. The Labute approximate surface area is 125 Å². The van der Waals surface area contributed by atoms with E-state index in [1.54, 1.807) is 0 Å². The van der Waals surface area contributed by atoms with Crippen LogP contribution in [0.2, 0.25) is 0 Å². The van der Waals surface area contributed by atoms with Crippen molar-refractivity contribution < 1.29 is 13.9 Å². The molecule has 2 heterocycles. The van der Waals surface area contributed by atoms with E-state index in [0.717, 1.165) is 19.4 Å². The summed E-state index contributed by atoms with van der Waals surface area (Å²) in [5.74, 6) is -0.574. The largest absolute Gasteiger partial charge is 0.378 e. The molecule has 1 saturated heterocycles. The molecule has 1 amide bonds. The number of H-pyrrole nitrogens is 1.